The molecule has 93 valence electrons. The highest BCUT2D eigenvalue weighted by molar-refractivity contribution is 5.41. The van der Waals surface area contributed by atoms with Gasteiger partial charge < -0.3 is 9.47 Å². The molecule has 2 aromatic rings. The first kappa shape index (κ1) is 12.7. The maximum Gasteiger partial charge on any atom is 0.122 e. The van der Waals surface area contributed by atoms with Gasteiger partial charge in [-0.1, -0.05) is 48.5 Å². The highest BCUT2D eigenvalue weighted by Gasteiger charge is 2.13. The number of benzene rings is 2. The monoisotopic (exact) mass is 241 g/mol. The van der Waals surface area contributed by atoms with E-state index in [1.807, 2.05) is 42.5 Å². The van der Waals surface area contributed by atoms with Crippen LogP contribution in [0.15, 0.2) is 54.6 Å². The van der Waals surface area contributed by atoms with Crippen LogP contribution in [0, 0.1) is 6.42 Å². The minimum Gasteiger partial charge on any atom is -0.496 e. The van der Waals surface area contributed by atoms with Gasteiger partial charge in [0.1, 0.15) is 5.75 Å². The van der Waals surface area contributed by atoms with Crippen LogP contribution in [0.3, 0.4) is 0 Å². The van der Waals surface area contributed by atoms with Crippen LogP contribution in [0.2, 0.25) is 0 Å². The van der Waals surface area contributed by atoms with Crippen molar-refractivity contribution in [2.24, 2.45) is 0 Å². The van der Waals surface area contributed by atoms with Gasteiger partial charge in [-0.2, -0.15) is 0 Å². The molecule has 2 heteroatoms. The highest BCUT2D eigenvalue weighted by atomic mass is 16.5. The largest absolute Gasteiger partial charge is 0.496 e. The molecule has 0 saturated carbocycles. The Hall–Kier alpha value is -1.80. The van der Waals surface area contributed by atoms with Crippen LogP contribution >= 0.6 is 0 Å². The number of hydrogen-bond acceptors (Lipinski definition) is 2. The summed E-state index contributed by atoms with van der Waals surface area (Å²) in [4.78, 5) is 0. The first-order valence-electron chi connectivity index (χ1n) is 5.91. The molecule has 0 saturated heterocycles. The Balaban J connectivity index is 2.21. The second-order valence-corrected chi connectivity index (χ2v) is 3.98. The van der Waals surface area contributed by atoms with Gasteiger partial charge in [-0.3, -0.25) is 0 Å². The number of ether oxygens (including phenoxy) is 2. The quantitative estimate of drug-likeness (QED) is 0.795. The average molecular weight is 241 g/mol. The Morgan fingerprint density at radius 2 is 1.56 bits per heavy atom. The number of methoxy groups -OCH3 is 2. The van der Waals surface area contributed by atoms with Crippen molar-refractivity contribution in [2.75, 3.05) is 14.2 Å². The Labute approximate surface area is 108 Å². The maximum absolute atomic E-state index is 5.53. The summed E-state index contributed by atoms with van der Waals surface area (Å²) in [7, 11) is 3.39. The van der Waals surface area contributed by atoms with Gasteiger partial charge in [-0.25, -0.2) is 0 Å². The lowest BCUT2D eigenvalue weighted by Gasteiger charge is -2.17. The van der Waals surface area contributed by atoms with E-state index in [4.69, 9.17) is 9.47 Å². The van der Waals surface area contributed by atoms with Crippen molar-refractivity contribution >= 4 is 0 Å². The smallest absolute Gasteiger partial charge is 0.122 e. The summed E-state index contributed by atoms with van der Waals surface area (Å²) < 4.78 is 10.9. The van der Waals surface area contributed by atoms with E-state index in [1.54, 1.807) is 14.2 Å². The molecular formula is C16H17O2. The Kier molecular flexibility index (Phi) is 4.37. The van der Waals surface area contributed by atoms with E-state index in [0.29, 0.717) is 0 Å². The minimum atomic E-state index is -0.0671. The molecule has 0 fully saturated rings. The molecule has 0 spiro atoms. The standard InChI is InChI=1S/C16H17O2/c1-17-15-11-7-6-10-14(15)12-16(18-2)13-8-4-3-5-9-13/h3-12,16H,1-2H3. The fourth-order valence-electron chi connectivity index (χ4n) is 1.91. The lowest BCUT2D eigenvalue weighted by atomic mass is 10.0. The van der Waals surface area contributed by atoms with Crippen molar-refractivity contribution < 1.29 is 9.47 Å². The molecule has 1 radical (unpaired) electrons. The molecule has 0 aliphatic rings. The summed E-state index contributed by atoms with van der Waals surface area (Å²) in [5.74, 6) is 0.857. The lowest BCUT2D eigenvalue weighted by Crippen LogP contribution is -2.04. The van der Waals surface area contributed by atoms with Crippen molar-refractivity contribution in [3.05, 3.63) is 72.1 Å². The maximum atomic E-state index is 5.53. The van der Waals surface area contributed by atoms with E-state index < -0.39 is 0 Å². The molecule has 0 aromatic heterocycles. The van der Waals surface area contributed by atoms with E-state index in [1.165, 1.54) is 0 Å². The molecule has 0 heterocycles. The molecule has 18 heavy (non-hydrogen) atoms. The van der Waals surface area contributed by atoms with Gasteiger partial charge in [0, 0.05) is 19.1 Å². The number of hydrogen-bond donors (Lipinski definition) is 0. The van der Waals surface area contributed by atoms with E-state index in [9.17, 15) is 0 Å². The van der Waals surface area contributed by atoms with Crippen LogP contribution in [0.1, 0.15) is 17.2 Å². The summed E-state index contributed by atoms with van der Waals surface area (Å²) in [5.41, 5.74) is 2.17. The topological polar surface area (TPSA) is 18.5 Å². The summed E-state index contributed by atoms with van der Waals surface area (Å²) in [5, 5.41) is 0. The molecule has 0 amide bonds. The second-order valence-electron chi connectivity index (χ2n) is 3.98. The van der Waals surface area contributed by atoms with Gasteiger partial charge in [0.15, 0.2) is 0 Å². The number of rotatable bonds is 5. The van der Waals surface area contributed by atoms with Crippen LogP contribution in [0.25, 0.3) is 0 Å². The van der Waals surface area contributed by atoms with Crippen LogP contribution < -0.4 is 4.74 Å². The van der Waals surface area contributed by atoms with E-state index in [2.05, 4.69) is 18.6 Å². The van der Waals surface area contributed by atoms with E-state index in [0.717, 1.165) is 16.9 Å². The lowest BCUT2D eigenvalue weighted by molar-refractivity contribution is 0.132. The molecular weight excluding hydrogens is 224 g/mol. The van der Waals surface area contributed by atoms with Crippen molar-refractivity contribution in [1.29, 1.82) is 0 Å². The molecule has 2 rings (SSSR count). The Morgan fingerprint density at radius 3 is 2.22 bits per heavy atom. The molecule has 2 aromatic carbocycles. The molecule has 1 atom stereocenters. The normalized spacial score (nSPS) is 12.1. The fraction of sp³-hybridized carbons (Fsp3) is 0.188. The SMILES string of the molecule is COc1ccccc1[CH]C(OC)c1ccccc1. The van der Waals surface area contributed by atoms with Crippen molar-refractivity contribution in [2.45, 2.75) is 6.10 Å². The minimum absolute atomic E-state index is 0.0671. The number of para-hydroxylation sites is 1. The third-order valence-electron chi connectivity index (χ3n) is 2.85. The van der Waals surface area contributed by atoms with Crippen molar-refractivity contribution in [1.82, 2.24) is 0 Å². The zero-order chi connectivity index (χ0) is 12.8. The average Bonchev–Trinajstić information content (AvgIpc) is 2.46. The van der Waals surface area contributed by atoms with E-state index in [-0.39, 0.29) is 6.10 Å². The van der Waals surface area contributed by atoms with Crippen molar-refractivity contribution in [3.8, 4) is 5.75 Å². The van der Waals surface area contributed by atoms with Gasteiger partial charge in [-0.15, -0.1) is 0 Å². The van der Waals surface area contributed by atoms with Gasteiger partial charge in [0.05, 0.1) is 13.2 Å². The summed E-state index contributed by atoms with van der Waals surface area (Å²) in [6.45, 7) is 0. The third-order valence-corrected chi connectivity index (χ3v) is 2.85. The molecule has 0 aliphatic heterocycles. The van der Waals surface area contributed by atoms with Crippen LogP contribution in [-0.2, 0) is 4.74 Å². The molecule has 0 bridgehead atoms. The summed E-state index contributed by atoms with van der Waals surface area (Å²) >= 11 is 0. The summed E-state index contributed by atoms with van der Waals surface area (Å²) in [6, 6.07) is 18.1. The van der Waals surface area contributed by atoms with Crippen LogP contribution in [-0.4, -0.2) is 14.2 Å². The first-order valence-corrected chi connectivity index (χ1v) is 5.91. The van der Waals surface area contributed by atoms with Gasteiger partial charge >= 0.3 is 0 Å². The second kappa shape index (κ2) is 6.22. The predicted octanol–water partition coefficient (Wildman–Crippen LogP) is 3.64. The zero-order valence-corrected chi connectivity index (χ0v) is 10.7. The zero-order valence-electron chi connectivity index (χ0n) is 10.7. The highest BCUT2D eigenvalue weighted by Crippen LogP contribution is 2.28. The third kappa shape index (κ3) is 2.90. The fourth-order valence-corrected chi connectivity index (χ4v) is 1.91. The van der Waals surface area contributed by atoms with Crippen LogP contribution in [0.4, 0.5) is 0 Å². The van der Waals surface area contributed by atoms with Crippen molar-refractivity contribution in [3.63, 3.8) is 0 Å². The van der Waals surface area contributed by atoms with Gasteiger partial charge in [0.2, 0.25) is 0 Å². The molecule has 0 aliphatic carbocycles. The first-order chi connectivity index (χ1) is 8.85. The Bertz CT molecular complexity index is 479. The molecule has 0 N–H and O–H groups in total. The van der Waals surface area contributed by atoms with Gasteiger partial charge in [-0.05, 0) is 11.6 Å². The Morgan fingerprint density at radius 1 is 0.889 bits per heavy atom. The van der Waals surface area contributed by atoms with Gasteiger partial charge in [0.25, 0.3) is 0 Å². The van der Waals surface area contributed by atoms with Crippen LogP contribution in [0.5, 0.6) is 5.75 Å². The predicted molar refractivity (Wildman–Crippen MR) is 72.6 cm³/mol. The molecule has 1 unspecified atom stereocenters. The summed E-state index contributed by atoms with van der Waals surface area (Å²) in [6.07, 6.45) is 2.00. The van der Waals surface area contributed by atoms with E-state index >= 15 is 0 Å². The molecule has 2 nitrogen and oxygen atoms in total.